The van der Waals surface area contributed by atoms with Crippen LogP contribution < -0.4 is 0 Å². The first-order valence-electron chi connectivity index (χ1n) is 1.89. The third-order valence-electron chi connectivity index (χ3n) is 0.492. The molecule has 0 aromatic carbocycles. The Bertz CT molecular complexity index is 21.5. The molecule has 0 radical (unpaired) electrons. The zero-order valence-electron chi connectivity index (χ0n) is 4.23. The highest BCUT2D eigenvalue weighted by atomic mass is 16.5. The lowest BCUT2D eigenvalue weighted by molar-refractivity contribution is 0.244. The van der Waals surface area contributed by atoms with Crippen molar-refractivity contribution in [3.63, 3.8) is 0 Å². The van der Waals surface area contributed by atoms with Crippen molar-refractivity contribution >= 4 is 15.5 Å². The van der Waals surface area contributed by atoms with Crippen LogP contribution in [0, 0.1) is 0 Å². The molecule has 0 fully saturated rings. The third-order valence-corrected chi connectivity index (χ3v) is 0.492. The molecule has 34 valence electrons. The zero-order chi connectivity index (χ0) is 4.83. The van der Waals surface area contributed by atoms with Crippen LogP contribution in [0.15, 0.2) is 0 Å². The summed E-state index contributed by atoms with van der Waals surface area (Å²) >= 11 is 0. The van der Waals surface area contributed by atoms with Gasteiger partial charge in [0.2, 0.25) is 8.05 Å². The highest BCUT2D eigenvalue weighted by Gasteiger charge is 1.79. The van der Waals surface area contributed by atoms with Crippen LogP contribution in [-0.4, -0.2) is 29.1 Å². The molecule has 0 spiro atoms. The molecule has 0 aliphatic rings. The number of methoxy groups -OCH3 is 1. The second kappa shape index (κ2) is 5.05. The molecule has 0 saturated heterocycles. The number of ether oxygens (including phenoxy) is 1. The van der Waals surface area contributed by atoms with Gasteiger partial charge >= 0.3 is 0 Å². The van der Waals surface area contributed by atoms with E-state index in [9.17, 15) is 0 Å². The van der Waals surface area contributed by atoms with Crippen molar-refractivity contribution in [3.8, 4) is 0 Å². The fourth-order valence-corrected chi connectivity index (χ4v) is 0.167. The molecule has 4 heteroatoms. The van der Waals surface area contributed by atoms with Crippen molar-refractivity contribution in [2.75, 3.05) is 13.6 Å². The largest absolute Gasteiger partial charge is 0.505 e. The first-order valence-corrected chi connectivity index (χ1v) is 1.89. The van der Waals surface area contributed by atoms with Crippen LogP contribution in [0.2, 0.25) is 0 Å². The van der Waals surface area contributed by atoms with E-state index >= 15 is 0 Å². The van der Waals surface area contributed by atoms with Gasteiger partial charge in [-0.25, -0.2) is 0 Å². The fourth-order valence-electron chi connectivity index (χ4n) is 0.167. The van der Waals surface area contributed by atoms with Gasteiger partial charge in [0.05, 0.1) is 0 Å². The quantitative estimate of drug-likeness (QED) is 0.307. The van der Waals surface area contributed by atoms with Crippen LogP contribution >= 0.6 is 0 Å². The molecule has 0 amide bonds. The van der Waals surface area contributed by atoms with Crippen LogP contribution in [0.25, 0.3) is 0 Å². The molecule has 6 heavy (non-hydrogen) atoms. The van der Waals surface area contributed by atoms with Gasteiger partial charge in [0.1, 0.15) is 0 Å². The highest BCUT2D eigenvalue weighted by Crippen LogP contribution is 1.60. The molecule has 0 atom stereocenters. The summed E-state index contributed by atoms with van der Waals surface area (Å²) in [4.78, 5) is 0. The summed E-state index contributed by atoms with van der Waals surface area (Å²) in [7, 11) is 3.99. The molecule has 0 saturated carbocycles. The van der Waals surface area contributed by atoms with Gasteiger partial charge < -0.3 is 9.31 Å². The zero-order valence-corrected chi connectivity index (χ0v) is 4.23. The SMILES string of the molecule is BOBCOC. The molecule has 0 aliphatic heterocycles. The Morgan fingerprint density at radius 1 is 1.83 bits per heavy atom. The molecule has 0 aliphatic carbocycles. The minimum atomic E-state index is 0.691. The van der Waals surface area contributed by atoms with E-state index in [4.69, 9.17) is 0 Å². The molecule has 0 aromatic heterocycles. The average molecular weight is 85.7 g/mol. The van der Waals surface area contributed by atoms with Crippen LogP contribution in [0.3, 0.4) is 0 Å². The maximum absolute atomic E-state index is 4.66. The van der Waals surface area contributed by atoms with Gasteiger partial charge in [-0.15, -0.1) is 0 Å². The molecule has 0 aromatic rings. The molecular formula is C2H8B2O2. The van der Waals surface area contributed by atoms with Gasteiger partial charge in [-0.3, -0.25) is 0 Å². The van der Waals surface area contributed by atoms with Crippen LogP contribution in [0.1, 0.15) is 0 Å². The Labute approximate surface area is 39.5 Å². The Morgan fingerprint density at radius 2 is 2.50 bits per heavy atom. The van der Waals surface area contributed by atoms with E-state index in [2.05, 4.69) is 9.31 Å². The summed E-state index contributed by atoms with van der Waals surface area (Å²) < 4.78 is 9.31. The van der Waals surface area contributed by atoms with Crippen molar-refractivity contribution in [3.05, 3.63) is 0 Å². The summed E-state index contributed by atoms with van der Waals surface area (Å²) in [5.41, 5.74) is 0. The fraction of sp³-hybridized carbons (Fsp3) is 1.00. The third kappa shape index (κ3) is 4.05. The lowest BCUT2D eigenvalue weighted by Gasteiger charge is -1.89. The van der Waals surface area contributed by atoms with E-state index in [1.54, 1.807) is 15.2 Å². The van der Waals surface area contributed by atoms with Crippen molar-refractivity contribution in [1.82, 2.24) is 0 Å². The monoisotopic (exact) mass is 86.1 g/mol. The normalized spacial score (nSPS) is 8.17. The molecule has 0 heterocycles. The van der Waals surface area contributed by atoms with Crippen molar-refractivity contribution < 1.29 is 9.31 Å². The minimum absolute atomic E-state index is 0.691. The average Bonchev–Trinajstić information content (AvgIpc) is 1.61. The smallest absolute Gasteiger partial charge is 0.283 e. The number of hydrogen-bond donors (Lipinski definition) is 0. The van der Waals surface area contributed by atoms with Crippen molar-refractivity contribution in [1.29, 1.82) is 0 Å². The van der Waals surface area contributed by atoms with E-state index in [0.29, 0.717) is 14.0 Å². The van der Waals surface area contributed by atoms with E-state index in [-0.39, 0.29) is 0 Å². The number of rotatable bonds is 3. The minimum Gasteiger partial charge on any atom is -0.505 e. The summed E-state index contributed by atoms with van der Waals surface area (Å²) in [5, 5.41) is 0. The van der Waals surface area contributed by atoms with E-state index in [1.165, 1.54) is 0 Å². The molecule has 2 nitrogen and oxygen atoms in total. The predicted octanol–water partition coefficient (Wildman–Crippen LogP) is -1.49. The maximum Gasteiger partial charge on any atom is 0.283 e. The Balaban J connectivity index is 2.34. The molecular weight excluding hydrogens is 77.6 g/mol. The second-order valence-electron chi connectivity index (χ2n) is 0.986. The first kappa shape index (κ1) is 6.05. The van der Waals surface area contributed by atoms with Crippen LogP contribution in [0.5, 0.6) is 0 Å². The topological polar surface area (TPSA) is 18.5 Å². The highest BCUT2D eigenvalue weighted by molar-refractivity contribution is 6.33. The van der Waals surface area contributed by atoms with Gasteiger partial charge in [-0.05, 0) is 0 Å². The second-order valence-corrected chi connectivity index (χ2v) is 0.986. The van der Waals surface area contributed by atoms with Gasteiger partial charge in [0.25, 0.3) is 7.48 Å². The van der Waals surface area contributed by atoms with Gasteiger partial charge in [0, 0.05) is 13.6 Å². The van der Waals surface area contributed by atoms with E-state index in [0.717, 1.165) is 0 Å². The summed E-state index contributed by atoms with van der Waals surface area (Å²) in [6.07, 6.45) is 0. The van der Waals surface area contributed by atoms with Crippen LogP contribution in [0.4, 0.5) is 0 Å². The van der Waals surface area contributed by atoms with Crippen LogP contribution in [-0.2, 0) is 9.31 Å². The molecule has 0 N–H and O–H groups in total. The Hall–Kier alpha value is 0.0499. The van der Waals surface area contributed by atoms with E-state index < -0.39 is 0 Å². The van der Waals surface area contributed by atoms with E-state index in [1.807, 2.05) is 0 Å². The predicted molar refractivity (Wildman–Crippen MR) is 28.7 cm³/mol. The standard InChI is InChI=1S/C2H8B2O2/c1-5-2-4-6-3/h4H,2-3H2,1H3. The maximum atomic E-state index is 4.66. The number of hydrogen-bond acceptors (Lipinski definition) is 2. The van der Waals surface area contributed by atoms with Gasteiger partial charge in [0.15, 0.2) is 0 Å². The lowest BCUT2D eigenvalue weighted by atomic mass is 10.0. The Kier molecular flexibility index (Phi) is 5.09. The van der Waals surface area contributed by atoms with Gasteiger partial charge in [-0.1, -0.05) is 0 Å². The molecule has 0 unspecified atom stereocenters. The lowest BCUT2D eigenvalue weighted by Crippen LogP contribution is -2.02. The summed E-state index contributed by atoms with van der Waals surface area (Å²) in [6.45, 7) is 0.691. The summed E-state index contributed by atoms with van der Waals surface area (Å²) in [6, 6.07) is 0. The van der Waals surface area contributed by atoms with Gasteiger partial charge in [-0.2, -0.15) is 0 Å². The molecule has 0 rings (SSSR count). The summed E-state index contributed by atoms with van der Waals surface area (Å²) in [5.74, 6) is 0. The van der Waals surface area contributed by atoms with Crippen molar-refractivity contribution in [2.45, 2.75) is 0 Å². The van der Waals surface area contributed by atoms with Crippen molar-refractivity contribution in [2.24, 2.45) is 0 Å². The Morgan fingerprint density at radius 3 is 2.67 bits per heavy atom. The first-order chi connectivity index (χ1) is 2.91. The molecule has 0 bridgehead atoms.